The van der Waals surface area contributed by atoms with Gasteiger partial charge < -0.3 is 35.6 Å². The lowest BCUT2D eigenvalue weighted by Gasteiger charge is -2.57. The Bertz CT molecular complexity index is 1980. The third kappa shape index (κ3) is 11.3. The highest BCUT2D eigenvalue weighted by Gasteiger charge is 2.54. The molecule has 0 radical (unpaired) electrons. The van der Waals surface area contributed by atoms with E-state index in [4.69, 9.17) is 25.2 Å². The second kappa shape index (κ2) is 20.9. The molecule has 7 nitrogen and oxygen atoms in total. The van der Waals surface area contributed by atoms with Gasteiger partial charge in [0.05, 0.1) is 13.1 Å². The first-order chi connectivity index (χ1) is 27.6. The smallest absolute Gasteiger partial charge is 0.451 e. The van der Waals surface area contributed by atoms with Crippen LogP contribution in [0.15, 0.2) is 212 Å². The quantitative estimate of drug-likeness (QED) is 0.150. The van der Waals surface area contributed by atoms with Gasteiger partial charge in [0, 0.05) is 24.2 Å². The summed E-state index contributed by atoms with van der Waals surface area (Å²) in [5.41, 5.74) is 18.4. The first-order valence-corrected chi connectivity index (χ1v) is 19.4. The van der Waals surface area contributed by atoms with E-state index in [0.717, 1.165) is 16.4 Å². The molecule has 8 rings (SSSR count). The minimum Gasteiger partial charge on any atom is -0.659 e. The highest BCUT2D eigenvalue weighted by Crippen LogP contribution is 2.19. The molecule has 1 aliphatic heterocycles. The average molecular weight is 740 g/mol. The average Bonchev–Trinajstić information content (AvgIpc) is 3.30. The molecule has 0 saturated carbocycles. The molecule has 7 aromatic rings. The van der Waals surface area contributed by atoms with Crippen LogP contribution in [-0.2, 0) is 39.9 Å². The maximum Gasteiger partial charge on any atom is 0.451 e. The Morgan fingerprint density at radius 2 is 0.661 bits per heavy atom. The lowest BCUT2D eigenvalue weighted by atomic mass is 9.49. The number of nitrogens with two attached hydrogens (primary N) is 4. The molecule has 8 N–H and O–H groups in total. The van der Waals surface area contributed by atoms with Crippen molar-refractivity contribution in [3.05, 3.63) is 235 Å². The van der Waals surface area contributed by atoms with Gasteiger partial charge in [0.1, 0.15) is 0 Å². The number of benzene rings is 7. The summed E-state index contributed by atoms with van der Waals surface area (Å²) in [7, 11) is -0.630. The molecule has 0 unspecified atom stereocenters. The van der Waals surface area contributed by atoms with E-state index in [1.807, 2.05) is 127 Å². The summed E-state index contributed by atoms with van der Waals surface area (Å²) in [6.07, 6.45) is 0. The Balaban J connectivity index is 0.000000274. The van der Waals surface area contributed by atoms with Crippen molar-refractivity contribution in [3.63, 3.8) is 0 Å². The first-order valence-electron chi connectivity index (χ1n) is 19.4. The molecular formula is C46H51B3N4O3. The molecule has 1 heterocycles. The molecule has 0 amide bonds. The maximum absolute atomic E-state index is 7.30. The zero-order valence-electron chi connectivity index (χ0n) is 31.8. The summed E-state index contributed by atoms with van der Waals surface area (Å²) in [4.78, 5) is 0. The molecule has 0 aromatic heterocycles. The van der Waals surface area contributed by atoms with Crippen LogP contribution in [0.3, 0.4) is 0 Å². The molecule has 282 valence electrons. The summed E-state index contributed by atoms with van der Waals surface area (Å²) < 4.78 is 21.2. The fourth-order valence-corrected chi connectivity index (χ4v) is 6.82. The monoisotopic (exact) mass is 740 g/mol. The van der Waals surface area contributed by atoms with Gasteiger partial charge in [-0.15, -0.1) is 0 Å². The molecule has 1 saturated heterocycles. The van der Waals surface area contributed by atoms with Gasteiger partial charge in [-0.1, -0.05) is 223 Å². The molecule has 1 aliphatic rings. The Labute approximate surface area is 332 Å². The third-order valence-corrected chi connectivity index (χ3v) is 9.83. The maximum atomic E-state index is 7.30. The van der Waals surface area contributed by atoms with Gasteiger partial charge in [0.15, 0.2) is 0 Å². The van der Waals surface area contributed by atoms with Crippen LogP contribution in [0.1, 0.15) is 22.3 Å². The fourth-order valence-electron chi connectivity index (χ4n) is 6.82. The highest BCUT2D eigenvalue weighted by molar-refractivity contribution is 6.95. The molecule has 1 fully saturated rings. The zero-order chi connectivity index (χ0) is 38.7. The van der Waals surface area contributed by atoms with E-state index in [1.165, 1.54) is 22.3 Å². The van der Waals surface area contributed by atoms with Gasteiger partial charge in [-0.25, -0.2) is 0 Å². The summed E-state index contributed by atoms with van der Waals surface area (Å²) in [6, 6.07) is 71.6. The van der Waals surface area contributed by atoms with Crippen molar-refractivity contribution in [2.45, 2.75) is 26.2 Å². The van der Waals surface area contributed by atoms with Crippen molar-refractivity contribution in [3.8, 4) is 0 Å². The van der Waals surface area contributed by atoms with Gasteiger partial charge in [-0.3, -0.25) is 0 Å². The van der Waals surface area contributed by atoms with Crippen molar-refractivity contribution < 1.29 is 24.2 Å². The minimum absolute atomic E-state index is 0.630. The van der Waals surface area contributed by atoms with Crippen molar-refractivity contribution in [1.29, 1.82) is 0 Å². The topological polar surface area (TPSA) is 113 Å². The lowest BCUT2D eigenvalue weighted by molar-refractivity contribution is -0.593. The molecule has 0 aliphatic carbocycles. The van der Waals surface area contributed by atoms with Gasteiger partial charge in [0.25, 0.3) is 0 Å². The summed E-state index contributed by atoms with van der Waals surface area (Å²) in [5.74, 6) is 0. The van der Waals surface area contributed by atoms with E-state index in [1.54, 1.807) is 0 Å². The number of hydrogen-bond acceptors (Lipinski definition) is 5. The van der Waals surface area contributed by atoms with Crippen LogP contribution in [0.5, 0.6) is 0 Å². The Kier molecular flexibility index (Phi) is 15.0. The van der Waals surface area contributed by atoms with Crippen LogP contribution in [-0.4, -0.2) is 20.5 Å². The predicted octanol–water partition coefficient (Wildman–Crippen LogP) is 3.96. The standard InChI is InChI=1S/C32H33B3N2O3.2C7H9N/c1-6-16-28(17-7-1)26-36-34(31-22-12-4-13-23-31)38-33(30-20-10-3-11-21-30)39-35(40-34,32-24-14-5-15-25-32)37-27-29-18-8-2-9-19-29;2*8-6-7-4-2-1-3-5-7/h1-25H,26-27,36-37H2;2*1-5H,6,8H2/t34-,35-;;/m0../s1. The Morgan fingerprint density at radius 3 is 0.964 bits per heavy atom. The van der Waals surface area contributed by atoms with Crippen LogP contribution < -0.4 is 38.3 Å². The van der Waals surface area contributed by atoms with Crippen molar-refractivity contribution in [2.75, 3.05) is 0 Å². The molecule has 0 spiro atoms. The minimum atomic E-state index is -2.08. The summed E-state index contributed by atoms with van der Waals surface area (Å²) in [6.45, 7) is -1.50. The normalized spacial score (nSPS) is 17.4. The molecule has 2 atom stereocenters. The van der Waals surface area contributed by atoms with E-state index in [9.17, 15) is 0 Å². The van der Waals surface area contributed by atoms with Crippen molar-refractivity contribution >= 4 is 36.9 Å². The van der Waals surface area contributed by atoms with E-state index < -0.39 is 20.5 Å². The predicted molar refractivity (Wildman–Crippen MR) is 232 cm³/mol. The van der Waals surface area contributed by atoms with E-state index >= 15 is 0 Å². The van der Waals surface area contributed by atoms with Gasteiger partial charge >= 0.3 is 20.5 Å². The summed E-state index contributed by atoms with van der Waals surface area (Å²) >= 11 is 0. The molecular weight excluding hydrogens is 689 g/mol. The zero-order valence-corrected chi connectivity index (χ0v) is 31.8. The number of rotatable bonds is 11. The summed E-state index contributed by atoms with van der Waals surface area (Å²) in [5, 5.41) is 4.41. The van der Waals surface area contributed by atoms with Crippen molar-refractivity contribution in [2.24, 2.45) is 11.5 Å². The largest absolute Gasteiger partial charge is 0.659 e. The lowest BCUT2D eigenvalue weighted by Crippen LogP contribution is -3.14. The molecule has 56 heavy (non-hydrogen) atoms. The molecule has 10 heteroatoms. The van der Waals surface area contributed by atoms with E-state index in [2.05, 4.69) is 95.4 Å². The second-order valence-corrected chi connectivity index (χ2v) is 13.7. The Hall–Kier alpha value is -5.55. The second-order valence-electron chi connectivity index (χ2n) is 13.7. The van der Waals surface area contributed by atoms with E-state index in [-0.39, 0.29) is 0 Å². The highest BCUT2D eigenvalue weighted by atomic mass is 16.7. The van der Waals surface area contributed by atoms with Crippen LogP contribution in [0, 0.1) is 0 Å². The number of quaternary nitrogens is 2. The van der Waals surface area contributed by atoms with Gasteiger partial charge in [0.2, 0.25) is 0 Å². The fraction of sp³-hybridized carbons (Fsp3) is 0.0870. The van der Waals surface area contributed by atoms with Crippen molar-refractivity contribution in [1.82, 2.24) is 0 Å². The molecule has 0 bridgehead atoms. The number of hydrogen-bond donors (Lipinski definition) is 4. The Morgan fingerprint density at radius 1 is 0.375 bits per heavy atom. The van der Waals surface area contributed by atoms with E-state index in [0.29, 0.717) is 26.2 Å². The van der Waals surface area contributed by atoms with Crippen LogP contribution in [0.25, 0.3) is 0 Å². The van der Waals surface area contributed by atoms with Gasteiger partial charge in [-0.2, -0.15) is 0 Å². The first kappa shape index (κ1) is 40.1. The van der Waals surface area contributed by atoms with Crippen LogP contribution in [0.4, 0.5) is 0 Å². The van der Waals surface area contributed by atoms with Gasteiger partial charge in [-0.05, 0) is 16.6 Å². The SMILES string of the molecule is NCc1ccccc1.NCc1ccccc1.c1ccc(C[NH2+][B@@-]2(c3ccccc3)OB(c3ccccc3)O[B@@-]([NH2+]Cc3ccccc3)(c3ccccc3)O2)cc1. The van der Waals surface area contributed by atoms with Crippen LogP contribution in [0.2, 0.25) is 0 Å². The molecule has 7 aromatic carbocycles. The van der Waals surface area contributed by atoms with Crippen LogP contribution >= 0.6 is 0 Å². The third-order valence-electron chi connectivity index (χ3n) is 9.83.